The van der Waals surface area contributed by atoms with Crippen molar-refractivity contribution in [3.63, 3.8) is 0 Å². The van der Waals surface area contributed by atoms with E-state index in [4.69, 9.17) is 4.74 Å². The van der Waals surface area contributed by atoms with Gasteiger partial charge in [-0.25, -0.2) is 0 Å². The molecule has 1 aliphatic heterocycles. The topological polar surface area (TPSA) is 61.9 Å². The summed E-state index contributed by atoms with van der Waals surface area (Å²) in [6, 6.07) is 9.85. The molecule has 1 aromatic rings. The maximum Gasteiger partial charge on any atom is 0.248 e. The van der Waals surface area contributed by atoms with Gasteiger partial charge in [-0.3, -0.25) is 14.5 Å². The van der Waals surface area contributed by atoms with E-state index in [0.717, 1.165) is 44.5 Å². The quantitative estimate of drug-likeness (QED) is 0.621. The van der Waals surface area contributed by atoms with E-state index >= 15 is 0 Å². The third-order valence-corrected chi connectivity index (χ3v) is 6.83. The highest BCUT2D eigenvalue weighted by molar-refractivity contribution is 5.82. The van der Waals surface area contributed by atoms with E-state index in [-0.39, 0.29) is 24.5 Å². The Hall–Kier alpha value is -1.92. The predicted octanol–water partition coefficient (Wildman–Crippen LogP) is 3.07. The molecule has 2 fully saturated rings. The van der Waals surface area contributed by atoms with E-state index in [0.29, 0.717) is 31.5 Å². The Morgan fingerprint density at radius 2 is 1.77 bits per heavy atom. The van der Waals surface area contributed by atoms with Crippen LogP contribution in [0.5, 0.6) is 0 Å². The molecule has 1 saturated carbocycles. The Morgan fingerprint density at radius 3 is 2.42 bits per heavy atom. The van der Waals surface area contributed by atoms with Crippen molar-refractivity contribution in [2.45, 2.75) is 58.6 Å². The van der Waals surface area contributed by atoms with Crippen LogP contribution in [0.3, 0.4) is 0 Å². The minimum atomic E-state index is -0.0573. The zero-order valence-electron chi connectivity index (χ0n) is 19.2. The number of hydrogen-bond acceptors (Lipinski definition) is 4. The first-order chi connectivity index (χ1) is 15.1. The van der Waals surface area contributed by atoms with Crippen molar-refractivity contribution in [1.82, 2.24) is 15.1 Å². The molecule has 0 aromatic heterocycles. The van der Waals surface area contributed by atoms with Crippen LogP contribution in [0.1, 0.15) is 51.5 Å². The van der Waals surface area contributed by atoms with Gasteiger partial charge in [-0.15, -0.1) is 0 Å². The number of rotatable bonds is 10. The largest absolute Gasteiger partial charge is 0.367 e. The summed E-state index contributed by atoms with van der Waals surface area (Å²) in [7, 11) is 0. The highest BCUT2D eigenvalue weighted by Crippen LogP contribution is 2.31. The summed E-state index contributed by atoms with van der Waals surface area (Å²) in [6.45, 7) is 8.47. The first-order valence-electron chi connectivity index (χ1n) is 12.0. The van der Waals surface area contributed by atoms with Gasteiger partial charge in [-0.1, -0.05) is 63.4 Å². The van der Waals surface area contributed by atoms with Crippen molar-refractivity contribution in [1.29, 1.82) is 0 Å². The molecule has 172 valence electrons. The highest BCUT2D eigenvalue weighted by atomic mass is 16.5. The lowest BCUT2D eigenvalue weighted by molar-refractivity contribution is -0.139. The van der Waals surface area contributed by atoms with Crippen LogP contribution in [0, 0.1) is 11.8 Å². The Morgan fingerprint density at radius 1 is 1.10 bits per heavy atom. The first-order valence-corrected chi connectivity index (χ1v) is 12.0. The average molecular weight is 430 g/mol. The van der Waals surface area contributed by atoms with Crippen molar-refractivity contribution in [3.05, 3.63) is 35.9 Å². The number of amides is 2. The van der Waals surface area contributed by atoms with Crippen molar-refractivity contribution < 1.29 is 14.3 Å². The minimum Gasteiger partial charge on any atom is -0.367 e. The second-order valence-corrected chi connectivity index (χ2v) is 9.14. The molecule has 1 aliphatic carbocycles. The second kappa shape index (κ2) is 12.2. The fourth-order valence-electron chi connectivity index (χ4n) is 4.65. The van der Waals surface area contributed by atoms with Crippen LogP contribution >= 0.6 is 0 Å². The fraction of sp³-hybridized carbons (Fsp3) is 0.680. The summed E-state index contributed by atoms with van der Waals surface area (Å²) in [5.41, 5.74) is 1.07. The summed E-state index contributed by atoms with van der Waals surface area (Å²) in [4.78, 5) is 29.9. The van der Waals surface area contributed by atoms with E-state index in [1.807, 2.05) is 35.2 Å². The lowest BCUT2D eigenvalue weighted by Gasteiger charge is -2.40. The van der Waals surface area contributed by atoms with Gasteiger partial charge in [0.1, 0.15) is 6.61 Å². The van der Waals surface area contributed by atoms with Crippen LogP contribution in [0.25, 0.3) is 0 Å². The Kier molecular flexibility index (Phi) is 9.34. The molecule has 1 aromatic carbocycles. The zero-order valence-corrected chi connectivity index (χ0v) is 19.2. The number of carbonyl (C=O) groups excluding carboxylic acids is 2. The van der Waals surface area contributed by atoms with Crippen LogP contribution in [0.4, 0.5) is 0 Å². The number of benzene rings is 1. The van der Waals surface area contributed by atoms with Crippen LogP contribution in [0.15, 0.2) is 30.3 Å². The SMILES string of the molecule is CC[C@@H](C)CNC(=O)[C@H](C1CCCC1)N1CCN(C(=O)COCc2ccccc2)CC1. The van der Waals surface area contributed by atoms with Crippen molar-refractivity contribution in [2.75, 3.05) is 39.3 Å². The van der Waals surface area contributed by atoms with E-state index < -0.39 is 0 Å². The number of hydrogen-bond donors (Lipinski definition) is 1. The van der Waals surface area contributed by atoms with Crippen LogP contribution in [-0.2, 0) is 20.9 Å². The van der Waals surface area contributed by atoms with Gasteiger partial charge < -0.3 is 15.0 Å². The molecule has 6 heteroatoms. The molecule has 31 heavy (non-hydrogen) atoms. The maximum atomic E-state index is 13.1. The molecule has 3 rings (SSSR count). The Labute approximate surface area is 187 Å². The molecule has 6 nitrogen and oxygen atoms in total. The summed E-state index contributed by atoms with van der Waals surface area (Å²) in [5.74, 6) is 1.15. The number of nitrogens with one attached hydrogen (secondary N) is 1. The third kappa shape index (κ3) is 7.04. The molecule has 0 bridgehead atoms. The van der Waals surface area contributed by atoms with Crippen molar-refractivity contribution in [2.24, 2.45) is 11.8 Å². The Balaban J connectivity index is 1.47. The molecule has 2 atom stereocenters. The lowest BCUT2D eigenvalue weighted by atomic mass is 9.94. The van der Waals surface area contributed by atoms with E-state index in [9.17, 15) is 9.59 Å². The molecule has 1 heterocycles. The molecule has 2 aliphatic rings. The average Bonchev–Trinajstić information content (AvgIpc) is 3.33. The fourth-order valence-corrected chi connectivity index (χ4v) is 4.65. The highest BCUT2D eigenvalue weighted by Gasteiger charge is 2.37. The standard InChI is InChI=1S/C25H39N3O3/c1-3-20(2)17-26-25(30)24(22-11-7-8-12-22)28-15-13-27(14-16-28)23(29)19-31-18-21-9-5-4-6-10-21/h4-6,9-10,20,22,24H,3,7-8,11-19H2,1-2H3,(H,26,30)/t20-,24+/m1/s1. The molecule has 2 amide bonds. The summed E-state index contributed by atoms with van der Waals surface area (Å²) in [6.07, 6.45) is 5.78. The predicted molar refractivity (Wildman–Crippen MR) is 122 cm³/mol. The van der Waals surface area contributed by atoms with E-state index in [2.05, 4.69) is 24.1 Å². The smallest absolute Gasteiger partial charge is 0.248 e. The molecule has 0 radical (unpaired) electrons. The van der Waals surface area contributed by atoms with Crippen molar-refractivity contribution >= 4 is 11.8 Å². The third-order valence-electron chi connectivity index (χ3n) is 6.83. The van der Waals surface area contributed by atoms with Gasteiger partial charge in [0.05, 0.1) is 12.6 Å². The van der Waals surface area contributed by atoms with Crippen LogP contribution in [0.2, 0.25) is 0 Å². The molecule has 0 unspecified atom stereocenters. The number of carbonyl (C=O) groups is 2. The second-order valence-electron chi connectivity index (χ2n) is 9.14. The van der Waals surface area contributed by atoms with Crippen LogP contribution in [-0.4, -0.2) is 67.0 Å². The molecular weight excluding hydrogens is 390 g/mol. The van der Waals surface area contributed by atoms with E-state index in [1.54, 1.807) is 0 Å². The lowest BCUT2D eigenvalue weighted by Crippen LogP contribution is -2.58. The number of ether oxygens (including phenoxy) is 1. The summed E-state index contributed by atoms with van der Waals surface area (Å²) < 4.78 is 5.62. The van der Waals surface area contributed by atoms with E-state index in [1.165, 1.54) is 12.8 Å². The monoisotopic (exact) mass is 429 g/mol. The van der Waals surface area contributed by atoms with Gasteiger partial charge in [0, 0.05) is 32.7 Å². The van der Waals surface area contributed by atoms with Gasteiger partial charge in [0.15, 0.2) is 0 Å². The number of nitrogens with zero attached hydrogens (tertiary/aromatic N) is 2. The summed E-state index contributed by atoms with van der Waals surface area (Å²) >= 11 is 0. The summed E-state index contributed by atoms with van der Waals surface area (Å²) in [5, 5.41) is 3.20. The normalized spacial score (nSPS) is 19.9. The molecule has 1 N–H and O–H groups in total. The maximum absolute atomic E-state index is 13.1. The van der Waals surface area contributed by atoms with Gasteiger partial charge in [0.25, 0.3) is 0 Å². The number of piperazine rings is 1. The van der Waals surface area contributed by atoms with Gasteiger partial charge in [-0.05, 0) is 30.2 Å². The molecular formula is C25H39N3O3. The molecule has 0 spiro atoms. The minimum absolute atomic E-state index is 0.0363. The van der Waals surface area contributed by atoms with Gasteiger partial charge in [-0.2, -0.15) is 0 Å². The first kappa shape index (κ1) is 23.7. The van der Waals surface area contributed by atoms with Gasteiger partial charge in [0.2, 0.25) is 11.8 Å². The zero-order chi connectivity index (χ0) is 22.1. The Bertz CT molecular complexity index is 683. The molecule has 1 saturated heterocycles. The van der Waals surface area contributed by atoms with Gasteiger partial charge >= 0.3 is 0 Å². The van der Waals surface area contributed by atoms with Crippen LogP contribution < -0.4 is 5.32 Å². The van der Waals surface area contributed by atoms with Crippen molar-refractivity contribution in [3.8, 4) is 0 Å².